The fraction of sp³-hybridized carbons (Fsp3) is 0.333. The zero-order valence-electron chi connectivity index (χ0n) is 31.0. The first-order valence-corrected chi connectivity index (χ1v) is 20.0. The van der Waals surface area contributed by atoms with Crippen molar-refractivity contribution in [3.63, 3.8) is 0 Å². The molecular weight excluding hydrogens is 732 g/mol. The number of hydrogen-bond donors (Lipinski definition) is 6. The molecule has 0 bridgehead atoms. The lowest BCUT2D eigenvalue weighted by Gasteiger charge is -2.32. The van der Waals surface area contributed by atoms with E-state index in [1.54, 1.807) is 19.4 Å². The monoisotopic (exact) mass is 780 g/mol. The van der Waals surface area contributed by atoms with Gasteiger partial charge in [-0.25, -0.2) is 0 Å². The number of carbonyl (C=O) groups excluding carboxylic acids is 3. The maximum atomic E-state index is 14.5. The number of pyridine rings is 1. The Morgan fingerprint density at radius 3 is 2.44 bits per heavy atom. The van der Waals surface area contributed by atoms with E-state index in [4.69, 9.17) is 23.1 Å². The fourth-order valence-electron chi connectivity index (χ4n) is 6.97. The Hall–Kier alpha value is -4.72. The Balaban J connectivity index is 1.44. The number of fused-ring (bicyclic) bond motifs is 3. The molecule has 5 aromatic rings. The van der Waals surface area contributed by atoms with Crippen LogP contribution in [-0.4, -0.2) is 70.9 Å². The maximum absolute atomic E-state index is 14.5. The van der Waals surface area contributed by atoms with Crippen LogP contribution in [0.25, 0.3) is 22.0 Å². The number of aromatic amines is 1. The van der Waals surface area contributed by atoms with E-state index in [1.807, 2.05) is 79.0 Å². The molecule has 1 aliphatic heterocycles. The van der Waals surface area contributed by atoms with Crippen LogP contribution in [0.5, 0.6) is 0 Å². The minimum atomic E-state index is -0.906. The Morgan fingerprint density at radius 2 is 1.64 bits per heavy atom. The number of hydrogen-bond acceptors (Lipinski definition) is 8. The molecule has 0 saturated carbocycles. The minimum Gasteiger partial charge on any atom is -0.361 e. The summed E-state index contributed by atoms with van der Waals surface area (Å²) >= 11 is 8.62. The lowest BCUT2D eigenvalue weighted by atomic mass is 10.0. The highest BCUT2D eigenvalue weighted by atomic mass is 35.5. The second-order valence-corrected chi connectivity index (χ2v) is 15.3. The Morgan fingerprint density at radius 1 is 0.855 bits per heavy atom. The van der Waals surface area contributed by atoms with Crippen LogP contribution < -0.4 is 27.4 Å². The highest BCUT2D eigenvalue weighted by Gasteiger charge is 2.34. The Kier molecular flexibility index (Phi) is 14.0. The van der Waals surface area contributed by atoms with Gasteiger partial charge in [0.05, 0.1) is 11.1 Å². The second-order valence-electron chi connectivity index (χ2n) is 13.9. The van der Waals surface area contributed by atoms with Crippen molar-refractivity contribution in [2.75, 3.05) is 20.1 Å². The number of halogens is 1. The van der Waals surface area contributed by atoms with Crippen LogP contribution in [0.15, 0.2) is 101 Å². The van der Waals surface area contributed by atoms with Crippen LogP contribution in [-0.2, 0) is 33.9 Å². The van der Waals surface area contributed by atoms with E-state index in [9.17, 15) is 14.4 Å². The van der Waals surface area contributed by atoms with E-state index >= 15 is 0 Å². The first-order valence-electron chi connectivity index (χ1n) is 18.8. The zero-order chi connectivity index (χ0) is 38.7. The third-order valence-corrected chi connectivity index (χ3v) is 11.8. The van der Waals surface area contributed by atoms with Crippen molar-refractivity contribution in [3.8, 4) is 11.1 Å². The van der Waals surface area contributed by atoms with Gasteiger partial charge in [-0.05, 0) is 97.8 Å². The van der Waals surface area contributed by atoms with Crippen molar-refractivity contribution in [2.45, 2.75) is 79.5 Å². The summed E-state index contributed by atoms with van der Waals surface area (Å²) < 4.78 is 0. The topological polar surface area (TPSA) is 171 Å². The molecule has 0 fully saturated rings. The standard InChI is InChI=1S/C42H49ClN8O3S/c1-51-37(22-30-25-47-34-13-4-3-12-32(30)34)41(53)49-26-31-20-29(27-11-9-19-46-23-27)21-33(43)39(31)55-38-16-5-2-10-28(38)24-48-35(15-8-18-45)40(52)50-36(42(51)54)14-6-7-17-44/h2-5,9-13,16,19-21,23,25,35-37,47-48H,6-8,14-15,17-18,22,24,26,44-45H2,1H3,(H,49,53)(H,50,52)/t35-,36-,37-/m0/s1. The number of rotatable bonds is 10. The zero-order valence-corrected chi connectivity index (χ0v) is 32.6. The maximum Gasteiger partial charge on any atom is 0.245 e. The summed E-state index contributed by atoms with van der Waals surface area (Å²) in [6, 6.07) is 21.2. The SMILES string of the molecule is CN1C(=O)[C@H](CCCCN)NC(=O)[C@H](CCCN)NCc2ccccc2Sc2c(Cl)cc(-c3cccnc3)cc2CNC(=O)[C@@H]1Cc1c[nH]c2ccccc12. The summed E-state index contributed by atoms with van der Waals surface area (Å²) in [7, 11) is 1.64. The van der Waals surface area contributed by atoms with Gasteiger partial charge in [-0.3, -0.25) is 19.4 Å². The molecule has 0 saturated heterocycles. The highest BCUT2D eigenvalue weighted by molar-refractivity contribution is 7.99. The van der Waals surface area contributed by atoms with E-state index in [0.717, 1.165) is 48.5 Å². The van der Waals surface area contributed by atoms with Crippen LogP contribution >= 0.6 is 23.4 Å². The third-order valence-electron chi connectivity index (χ3n) is 10.1. The molecule has 11 nitrogen and oxygen atoms in total. The second kappa shape index (κ2) is 19.2. The van der Waals surface area contributed by atoms with Gasteiger partial charge in [-0.15, -0.1) is 0 Å². The minimum absolute atomic E-state index is 0.152. The number of likely N-dealkylation sites (N-methyl/N-ethyl adjacent to an activating group) is 1. The summed E-state index contributed by atoms with van der Waals surface area (Å²) in [4.78, 5) is 54.0. The predicted octanol–water partition coefficient (Wildman–Crippen LogP) is 5.54. The number of nitrogens with zero attached hydrogens (tertiary/aromatic N) is 2. The van der Waals surface area contributed by atoms with Gasteiger partial charge >= 0.3 is 0 Å². The average molecular weight is 781 g/mol. The smallest absolute Gasteiger partial charge is 0.245 e. The molecule has 0 aliphatic carbocycles. The summed E-state index contributed by atoms with van der Waals surface area (Å²) in [5.41, 5.74) is 17.1. The number of carbonyl (C=O) groups is 3. The molecular formula is C42H49ClN8O3S. The van der Waals surface area contributed by atoms with E-state index in [-0.39, 0.29) is 30.7 Å². The summed E-state index contributed by atoms with van der Waals surface area (Å²) in [6.07, 6.45) is 8.41. The summed E-state index contributed by atoms with van der Waals surface area (Å²) in [5, 5.41) is 11.2. The molecule has 3 aromatic carbocycles. The van der Waals surface area contributed by atoms with Crippen molar-refractivity contribution in [2.24, 2.45) is 11.5 Å². The molecule has 6 rings (SSSR count). The highest BCUT2D eigenvalue weighted by Crippen LogP contribution is 2.40. The number of aromatic nitrogens is 2. The molecule has 0 radical (unpaired) electrons. The van der Waals surface area contributed by atoms with Crippen molar-refractivity contribution < 1.29 is 14.4 Å². The van der Waals surface area contributed by atoms with Crippen molar-refractivity contribution in [1.29, 1.82) is 0 Å². The third kappa shape index (κ3) is 9.94. The molecule has 3 atom stereocenters. The molecule has 3 amide bonds. The number of amides is 3. The molecule has 1 aliphatic rings. The van der Waals surface area contributed by atoms with Crippen LogP contribution in [0.4, 0.5) is 0 Å². The van der Waals surface area contributed by atoms with Crippen molar-refractivity contribution in [3.05, 3.63) is 113 Å². The van der Waals surface area contributed by atoms with Gasteiger partial charge < -0.3 is 37.3 Å². The lowest BCUT2D eigenvalue weighted by Crippen LogP contribution is -2.57. The van der Waals surface area contributed by atoms with Crippen LogP contribution in [0.1, 0.15) is 48.8 Å². The van der Waals surface area contributed by atoms with E-state index in [1.165, 1.54) is 16.7 Å². The van der Waals surface area contributed by atoms with E-state index < -0.39 is 18.1 Å². The number of nitrogens with one attached hydrogen (secondary N) is 4. The van der Waals surface area contributed by atoms with E-state index in [0.29, 0.717) is 56.8 Å². The van der Waals surface area contributed by atoms with Crippen molar-refractivity contribution in [1.82, 2.24) is 30.8 Å². The number of para-hydroxylation sites is 1. The van der Waals surface area contributed by atoms with Gasteiger partial charge in [0.2, 0.25) is 17.7 Å². The molecule has 0 unspecified atom stereocenters. The molecule has 3 heterocycles. The molecule has 2 aromatic heterocycles. The first-order chi connectivity index (χ1) is 26.8. The fourth-order valence-corrected chi connectivity index (χ4v) is 8.38. The van der Waals surface area contributed by atoms with Crippen LogP contribution in [0.2, 0.25) is 5.02 Å². The number of nitrogens with two attached hydrogens (primary N) is 2. The van der Waals surface area contributed by atoms with Crippen LogP contribution in [0, 0.1) is 0 Å². The molecule has 0 spiro atoms. The number of benzene rings is 3. The van der Waals surface area contributed by atoms with Crippen molar-refractivity contribution >= 4 is 52.0 Å². The molecule has 13 heteroatoms. The lowest BCUT2D eigenvalue weighted by molar-refractivity contribution is -0.142. The number of H-pyrrole nitrogens is 1. The van der Waals surface area contributed by atoms with Crippen LogP contribution in [0.3, 0.4) is 0 Å². The van der Waals surface area contributed by atoms with Gasteiger partial charge in [0.15, 0.2) is 0 Å². The Bertz CT molecular complexity index is 2090. The normalized spacial score (nSPS) is 18.7. The van der Waals surface area contributed by atoms with Gasteiger partial charge in [-0.2, -0.15) is 0 Å². The summed E-state index contributed by atoms with van der Waals surface area (Å²) in [6.45, 7) is 1.42. The molecule has 55 heavy (non-hydrogen) atoms. The predicted molar refractivity (Wildman–Crippen MR) is 219 cm³/mol. The number of unbranched alkanes of at least 4 members (excludes halogenated alkanes) is 1. The largest absolute Gasteiger partial charge is 0.361 e. The van der Waals surface area contributed by atoms with Gasteiger partial charge in [0.25, 0.3) is 0 Å². The quantitative estimate of drug-likeness (QED) is 0.100. The Labute approximate surface area is 331 Å². The first kappa shape index (κ1) is 40.0. The average Bonchev–Trinajstić information content (AvgIpc) is 3.62. The molecule has 288 valence electrons. The van der Waals surface area contributed by atoms with E-state index in [2.05, 4.69) is 25.9 Å². The van der Waals surface area contributed by atoms with Gasteiger partial charge in [0.1, 0.15) is 12.1 Å². The summed E-state index contributed by atoms with van der Waals surface area (Å²) in [5.74, 6) is -0.981. The molecule has 8 N–H and O–H groups in total. The van der Waals surface area contributed by atoms with Gasteiger partial charge in [-0.1, -0.05) is 65.8 Å². The van der Waals surface area contributed by atoms with Gasteiger partial charge in [0, 0.05) is 71.4 Å².